The van der Waals surface area contributed by atoms with E-state index < -0.39 is 0 Å². The third-order valence-electron chi connectivity index (χ3n) is 4.24. The molecule has 3 rings (SSSR count). The van der Waals surface area contributed by atoms with Crippen molar-refractivity contribution in [2.75, 3.05) is 0 Å². The first-order valence-corrected chi connectivity index (χ1v) is 7.76. The minimum atomic E-state index is 0.0794. The third-order valence-corrected chi connectivity index (χ3v) is 4.24. The Bertz CT molecular complexity index is 604. The van der Waals surface area contributed by atoms with E-state index in [0.29, 0.717) is 0 Å². The zero-order chi connectivity index (χ0) is 14.7. The molecule has 1 aliphatic carbocycles. The first-order valence-electron chi connectivity index (χ1n) is 7.76. The summed E-state index contributed by atoms with van der Waals surface area (Å²) in [6, 6.07) is 6.82. The molecule has 0 saturated heterocycles. The molecular formula is C16H23N5. The minimum Gasteiger partial charge on any atom is -0.271 e. The predicted octanol–water partition coefficient (Wildman–Crippen LogP) is 1.92. The van der Waals surface area contributed by atoms with E-state index in [0.717, 1.165) is 25.2 Å². The summed E-state index contributed by atoms with van der Waals surface area (Å²) in [5, 5.41) is 4.28. The summed E-state index contributed by atoms with van der Waals surface area (Å²) in [5.41, 5.74) is 7.14. The van der Waals surface area contributed by atoms with Crippen molar-refractivity contribution in [3.05, 3.63) is 47.0 Å². The fourth-order valence-electron chi connectivity index (χ4n) is 3.11. The lowest BCUT2D eigenvalue weighted by Crippen LogP contribution is -2.30. The second kappa shape index (κ2) is 6.37. The molecule has 1 aliphatic rings. The molecule has 112 valence electrons. The van der Waals surface area contributed by atoms with Crippen molar-refractivity contribution in [3.8, 4) is 0 Å². The van der Waals surface area contributed by atoms with Crippen molar-refractivity contribution >= 4 is 0 Å². The van der Waals surface area contributed by atoms with Crippen molar-refractivity contribution in [3.63, 3.8) is 0 Å². The fraction of sp³-hybridized carbons (Fsp3) is 0.500. The van der Waals surface area contributed by atoms with Gasteiger partial charge in [0.05, 0.1) is 6.04 Å². The molecule has 0 bridgehead atoms. The second-order valence-electron chi connectivity index (χ2n) is 5.70. The average Bonchev–Trinajstić information content (AvgIpc) is 3.13. The van der Waals surface area contributed by atoms with Gasteiger partial charge in [-0.3, -0.25) is 16.0 Å². The van der Waals surface area contributed by atoms with Gasteiger partial charge in [-0.05, 0) is 42.4 Å². The van der Waals surface area contributed by atoms with Crippen LogP contribution in [-0.4, -0.2) is 14.8 Å². The highest BCUT2D eigenvalue weighted by Gasteiger charge is 2.17. The highest BCUT2D eigenvalue weighted by atomic mass is 15.3. The topological polar surface area (TPSA) is 68.8 Å². The minimum absolute atomic E-state index is 0.0794. The fourth-order valence-corrected chi connectivity index (χ4v) is 3.11. The summed E-state index contributed by atoms with van der Waals surface area (Å²) in [7, 11) is 0. The zero-order valence-electron chi connectivity index (χ0n) is 12.5. The number of nitrogens with zero attached hydrogens (tertiary/aromatic N) is 3. The summed E-state index contributed by atoms with van der Waals surface area (Å²) in [5.74, 6) is 6.77. The van der Waals surface area contributed by atoms with E-state index >= 15 is 0 Å². The van der Waals surface area contributed by atoms with Gasteiger partial charge >= 0.3 is 0 Å². The number of benzene rings is 1. The van der Waals surface area contributed by atoms with Crippen LogP contribution in [0.4, 0.5) is 0 Å². The maximum absolute atomic E-state index is 5.78. The molecule has 0 saturated carbocycles. The number of rotatable bonds is 6. The van der Waals surface area contributed by atoms with Crippen LogP contribution in [0.1, 0.15) is 48.3 Å². The van der Waals surface area contributed by atoms with Crippen molar-refractivity contribution < 1.29 is 0 Å². The predicted molar refractivity (Wildman–Crippen MR) is 82.5 cm³/mol. The molecule has 21 heavy (non-hydrogen) atoms. The zero-order valence-corrected chi connectivity index (χ0v) is 12.5. The van der Waals surface area contributed by atoms with Crippen LogP contribution in [0.5, 0.6) is 0 Å². The first kappa shape index (κ1) is 14.2. The van der Waals surface area contributed by atoms with Crippen molar-refractivity contribution in [2.24, 2.45) is 5.84 Å². The molecule has 2 aromatic rings. The molecule has 3 N–H and O–H groups in total. The normalized spacial score (nSPS) is 15.1. The van der Waals surface area contributed by atoms with E-state index in [1.165, 1.54) is 36.0 Å². The lowest BCUT2D eigenvalue weighted by Gasteiger charge is -2.17. The van der Waals surface area contributed by atoms with Crippen molar-refractivity contribution in [2.45, 2.75) is 51.6 Å². The van der Waals surface area contributed by atoms with Gasteiger partial charge in [-0.1, -0.05) is 25.1 Å². The third kappa shape index (κ3) is 2.99. The van der Waals surface area contributed by atoms with Gasteiger partial charge in [0.2, 0.25) is 0 Å². The average molecular weight is 285 g/mol. The number of hydrazine groups is 1. The van der Waals surface area contributed by atoms with E-state index in [1.807, 2.05) is 4.68 Å². The van der Waals surface area contributed by atoms with Crippen LogP contribution in [0.25, 0.3) is 0 Å². The van der Waals surface area contributed by atoms with Gasteiger partial charge in [0, 0.05) is 13.0 Å². The molecule has 1 atom stereocenters. The van der Waals surface area contributed by atoms with Gasteiger partial charge < -0.3 is 0 Å². The van der Waals surface area contributed by atoms with E-state index in [-0.39, 0.29) is 6.04 Å². The molecule has 0 aliphatic heterocycles. The molecule has 5 nitrogen and oxygen atoms in total. The van der Waals surface area contributed by atoms with E-state index in [4.69, 9.17) is 5.84 Å². The van der Waals surface area contributed by atoms with Crippen LogP contribution >= 0.6 is 0 Å². The lowest BCUT2D eigenvalue weighted by molar-refractivity contribution is 0.499. The van der Waals surface area contributed by atoms with E-state index in [9.17, 15) is 0 Å². The summed E-state index contributed by atoms with van der Waals surface area (Å²) in [4.78, 5) is 4.38. The van der Waals surface area contributed by atoms with Gasteiger partial charge in [-0.15, -0.1) is 0 Å². The number of hydrogen-bond donors (Lipinski definition) is 2. The van der Waals surface area contributed by atoms with E-state index in [1.54, 1.807) is 6.33 Å². The largest absolute Gasteiger partial charge is 0.271 e. The molecule has 1 heterocycles. The van der Waals surface area contributed by atoms with Gasteiger partial charge in [-0.2, -0.15) is 5.10 Å². The Labute approximate surface area is 125 Å². The lowest BCUT2D eigenvalue weighted by atomic mass is 9.99. The number of nitrogens with two attached hydrogens (primary N) is 1. The Morgan fingerprint density at radius 1 is 1.33 bits per heavy atom. The number of aromatic nitrogens is 3. The number of fused-ring (bicyclic) bond motifs is 1. The van der Waals surface area contributed by atoms with Crippen LogP contribution in [0.15, 0.2) is 24.5 Å². The van der Waals surface area contributed by atoms with Crippen LogP contribution in [0, 0.1) is 0 Å². The Morgan fingerprint density at radius 2 is 2.19 bits per heavy atom. The van der Waals surface area contributed by atoms with Gasteiger partial charge in [0.1, 0.15) is 12.2 Å². The Kier molecular flexibility index (Phi) is 4.31. The van der Waals surface area contributed by atoms with Gasteiger partial charge in [0.25, 0.3) is 0 Å². The van der Waals surface area contributed by atoms with Gasteiger partial charge in [-0.25, -0.2) is 4.98 Å². The number of hydrogen-bond acceptors (Lipinski definition) is 4. The Balaban J connectivity index is 1.80. The van der Waals surface area contributed by atoms with Crippen LogP contribution in [-0.2, 0) is 25.8 Å². The SMILES string of the molecule is CCCn1ncnc1CC(NN)c1ccc2c(c1)CCC2. The summed E-state index contributed by atoms with van der Waals surface area (Å²) < 4.78 is 1.97. The summed E-state index contributed by atoms with van der Waals surface area (Å²) in [6.07, 6.45) is 7.10. The highest BCUT2D eigenvalue weighted by molar-refractivity contribution is 5.36. The van der Waals surface area contributed by atoms with Crippen LogP contribution in [0.3, 0.4) is 0 Å². The molecule has 1 aromatic carbocycles. The summed E-state index contributed by atoms with van der Waals surface area (Å²) >= 11 is 0. The maximum Gasteiger partial charge on any atom is 0.138 e. The van der Waals surface area contributed by atoms with Crippen LogP contribution in [0.2, 0.25) is 0 Å². The van der Waals surface area contributed by atoms with Gasteiger partial charge in [0.15, 0.2) is 0 Å². The number of aryl methyl sites for hydroxylation is 3. The maximum atomic E-state index is 5.78. The smallest absolute Gasteiger partial charge is 0.138 e. The molecule has 0 amide bonds. The molecule has 5 heteroatoms. The summed E-state index contributed by atoms with van der Waals surface area (Å²) in [6.45, 7) is 3.04. The number of nitrogens with one attached hydrogen (secondary N) is 1. The first-order chi connectivity index (χ1) is 10.3. The Morgan fingerprint density at radius 3 is 3.00 bits per heavy atom. The monoisotopic (exact) mass is 285 g/mol. The standard InChI is InChI=1S/C16H23N5/c1-2-8-21-16(18-11-19-21)10-15(20-17)14-7-6-12-4-3-5-13(12)9-14/h6-7,9,11,15,20H,2-5,8,10,17H2,1H3. The molecule has 1 unspecified atom stereocenters. The van der Waals surface area contributed by atoms with Crippen molar-refractivity contribution in [1.82, 2.24) is 20.2 Å². The van der Waals surface area contributed by atoms with Crippen molar-refractivity contribution in [1.29, 1.82) is 0 Å². The molecule has 0 spiro atoms. The van der Waals surface area contributed by atoms with E-state index in [2.05, 4.69) is 40.6 Å². The second-order valence-corrected chi connectivity index (χ2v) is 5.70. The quantitative estimate of drug-likeness (QED) is 0.628. The molecule has 1 aromatic heterocycles. The highest BCUT2D eigenvalue weighted by Crippen LogP contribution is 2.26. The molecular weight excluding hydrogens is 262 g/mol. The van der Waals surface area contributed by atoms with Crippen LogP contribution < -0.4 is 11.3 Å². The molecule has 0 radical (unpaired) electrons. The molecule has 0 fully saturated rings. The Hall–Kier alpha value is -1.72.